The van der Waals surface area contributed by atoms with Crippen LogP contribution in [-0.4, -0.2) is 11.5 Å². The van der Waals surface area contributed by atoms with Crippen LogP contribution >= 0.6 is 11.3 Å². The van der Waals surface area contributed by atoms with Gasteiger partial charge in [-0.15, -0.1) is 11.3 Å². The van der Waals surface area contributed by atoms with E-state index in [1.165, 1.54) is 11.3 Å². The Balaban J connectivity index is 0.000000225. The first-order valence-electron chi connectivity index (χ1n) is 6.88. The molecule has 1 N–H and O–H groups in total. The summed E-state index contributed by atoms with van der Waals surface area (Å²) in [4.78, 5) is 4.28. The number of nitrogens with one attached hydrogen (secondary N) is 1. The molecule has 0 atom stereocenters. The molecular formula is C17H17N3S. The smallest absolute Gasteiger partial charge is 0.195 e. The van der Waals surface area contributed by atoms with E-state index >= 15 is 0 Å². The number of anilines is 1. The van der Waals surface area contributed by atoms with Crippen LogP contribution in [0.25, 0.3) is 10.2 Å². The lowest BCUT2D eigenvalue weighted by Gasteiger charge is -2.04. The third kappa shape index (κ3) is 4.30. The van der Waals surface area contributed by atoms with Gasteiger partial charge in [0.2, 0.25) is 0 Å². The third-order valence-electron chi connectivity index (χ3n) is 2.75. The fourth-order valence-electron chi connectivity index (χ4n) is 1.78. The topological polar surface area (TPSA) is 48.7 Å². The summed E-state index contributed by atoms with van der Waals surface area (Å²) in [5, 5.41) is 12.6. The van der Waals surface area contributed by atoms with Gasteiger partial charge in [-0.05, 0) is 18.6 Å². The highest BCUT2D eigenvalue weighted by Gasteiger charge is 2.06. The monoisotopic (exact) mass is 295 g/mol. The number of benzene rings is 2. The van der Waals surface area contributed by atoms with E-state index in [9.17, 15) is 0 Å². The van der Waals surface area contributed by atoms with E-state index in [4.69, 9.17) is 5.26 Å². The molecule has 3 nitrogen and oxygen atoms in total. The molecular weight excluding hydrogens is 278 g/mol. The predicted molar refractivity (Wildman–Crippen MR) is 89.6 cm³/mol. The number of hydrogen-bond donors (Lipinski definition) is 1. The van der Waals surface area contributed by atoms with Gasteiger partial charge in [0.1, 0.15) is 11.6 Å². The summed E-state index contributed by atoms with van der Waals surface area (Å²) in [6.45, 7) is 3.05. The first kappa shape index (κ1) is 15.0. The van der Waals surface area contributed by atoms with Crippen molar-refractivity contribution in [3.8, 4) is 6.07 Å². The summed E-state index contributed by atoms with van der Waals surface area (Å²) in [5.74, 6) is 0. The summed E-state index contributed by atoms with van der Waals surface area (Å²) in [5.41, 5.74) is 1.93. The molecule has 3 rings (SSSR count). The molecule has 0 bridgehead atoms. The minimum absolute atomic E-state index is 0.524. The molecule has 0 aliphatic rings. The second kappa shape index (κ2) is 8.03. The van der Waals surface area contributed by atoms with Gasteiger partial charge >= 0.3 is 0 Å². The first-order chi connectivity index (χ1) is 10.3. The molecule has 0 spiro atoms. The van der Waals surface area contributed by atoms with Crippen LogP contribution < -0.4 is 5.32 Å². The Morgan fingerprint density at radius 3 is 2.33 bits per heavy atom. The van der Waals surface area contributed by atoms with Crippen LogP contribution in [0.3, 0.4) is 0 Å². The zero-order valence-corrected chi connectivity index (χ0v) is 12.7. The molecule has 0 amide bonds. The van der Waals surface area contributed by atoms with Gasteiger partial charge in [-0.2, -0.15) is 5.26 Å². The Bertz CT molecular complexity index is 687. The zero-order valence-electron chi connectivity index (χ0n) is 11.9. The second-order valence-electron chi connectivity index (χ2n) is 4.36. The number of thiazole rings is 1. The van der Waals surface area contributed by atoms with Crippen LogP contribution in [-0.2, 0) is 0 Å². The van der Waals surface area contributed by atoms with E-state index in [1.54, 1.807) is 0 Å². The fourth-order valence-corrected chi connectivity index (χ4v) is 2.57. The molecule has 106 valence electrons. The van der Waals surface area contributed by atoms with Crippen molar-refractivity contribution in [3.63, 3.8) is 0 Å². The molecule has 4 heteroatoms. The molecule has 1 heterocycles. The Labute approximate surface area is 128 Å². The summed E-state index contributed by atoms with van der Waals surface area (Å²) in [6.07, 6.45) is 1.08. The van der Waals surface area contributed by atoms with Crippen molar-refractivity contribution in [2.24, 2.45) is 0 Å². The SMILES string of the molecule is CCCNc1cccc2sc(C#N)nc12.c1ccccc1. The number of aromatic nitrogens is 1. The van der Waals surface area contributed by atoms with Gasteiger partial charge in [-0.1, -0.05) is 49.4 Å². The number of fused-ring (bicyclic) bond motifs is 1. The maximum atomic E-state index is 8.78. The summed E-state index contributed by atoms with van der Waals surface area (Å²) >= 11 is 1.43. The highest BCUT2D eigenvalue weighted by molar-refractivity contribution is 7.19. The predicted octanol–water partition coefficient (Wildman–Crippen LogP) is 4.68. The lowest BCUT2D eigenvalue weighted by molar-refractivity contribution is 0.981. The van der Waals surface area contributed by atoms with Crippen molar-refractivity contribution in [3.05, 3.63) is 59.6 Å². The number of hydrogen-bond acceptors (Lipinski definition) is 4. The number of para-hydroxylation sites is 1. The number of rotatable bonds is 3. The van der Waals surface area contributed by atoms with Gasteiger partial charge in [0.25, 0.3) is 0 Å². The van der Waals surface area contributed by atoms with Gasteiger partial charge in [0.15, 0.2) is 5.01 Å². The van der Waals surface area contributed by atoms with Crippen LogP contribution in [0, 0.1) is 11.3 Å². The molecule has 0 saturated heterocycles. The molecule has 0 fully saturated rings. The van der Waals surface area contributed by atoms with Crippen LogP contribution in [0.2, 0.25) is 0 Å². The molecule has 0 radical (unpaired) electrons. The maximum Gasteiger partial charge on any atom is 0.195 e. The summed E-state index contributed by atoms with van der Waals surface area (Å²) in [7, 11) is 0. The van der Waals surface area contributed by atoms with Gasteiger partial charge in [0, 0.05) is 6.54 Å². The second-order valence-corrected chi connectivity index (χ2v) is 5.40. The van der Waals surface area contributed by atoms with E-state index in [1.807, 2.05) is 54.6 Å². The fraction of sp³-hybridized carbons (Fsp3) is 0.176. The Morgan fingerprint density at radius 2 is 1.76 bits per heavy atom. The average Bonchev–Trinajstić information content (AvgIpc) is 2.99. The lowest BCUT2D eigenvalue weighted by Crippen LogP contribution is -1.99. The first-order valence-corrected chi connectivity index (χ1v) is 7.70. The van der Waals surface area contributed by atoms with E-state index in [0.717, 1.165) is 28.9 Å². The third-order valence-corrected chi connectivity index (χ3v) is 3.67. The van der Waals surface area contributed by atoms with E-state index in [0.29, 0.717) is 5.01 Å². The number of nitrogens with zero attached hydrogens (tertiary/aromatic N) is 2. The number of nitriles is 1. The quantitative estimate of drug-likeness (QED) is 0.763. The van der Waals surface area contributed by atoms with E-state index in [-0.39, 0.29) is 0 Å². The van der Waals surface area contributed by atoms with Crippen LogP contribution in [0.5, 0.6) is 0 Å². The van der Waals surface area contributed by atoms with Crippen LogP contribution in [0.15, 0.2) is 54.6 Å². The standard InChI is InChI=1S/C11H11N3S.C6H6/c1-2-6-13-8-4-3-5-9-11(8)14-10(7-12)15-9;1-2-4-6-5-3-1/h3-5,13H,2,6H2,1H3;1-6H. The van der Waals surface area contributed by atoms with Gasteiger partial charge in [-0.3, -0.25) is 0 Å². The van der Waals surface area contributed by atoms with E-state index < -0.39 is 0 Å². The van der Waals surface area contributed by atoms with Crippen molar-refractivity contribution in [1.82, 2.24) is 4.98 Å². The van der Waals surface area contributed by atoms with Crippen molar-refractivity contribution in [2.45, 2.75) is 13.3 Å². The molecule has 21 heavy (non-hydrogen) atoms. The zero-order chi connectivity index (χ0) is 14.9. The normalized spacial score (nSPS) is 9.52. The van der Waals surface area contributed by atoms with Gasteiger partial charge in [-0.25, -0.2) is 4.98 Å². The maximum absolute atomic E-state index is 8.78. The average molecular weight is 295 g/mol. The van der Waals surface area contributed by atoms with Crippen molar-refractivity contribution in [2.75, 3.05) is 11.9 Å². The summed E-state index contributed by atoms with van der Waals surface area (Å²) in [6, 6.07) is 20.1. The van der Waals surface area contributed by atoms with Crippen molar-refractivity contribution < 1.29 is 0 Å². The highest BCUT2D eigenvalue weighted by atomic mass is 32.1. The van der Waals surface area contributed by atoms with Crippen molar-refractivity contribution in [1.29, 1.82) is 5.26 Å². The molecule has 0 unspecified atom stereocenters. The summed E-state index contributed by atoms with van der Waals surface area (Å²) < 4.78 is 1.06. The van der Waals surface area contributed by atoms with Crippen molar-refractivity contribution >= 4 is 27.2 Å². The lowest BCUT2D eigenvalue weighted by atomic mass is 10.3. The Kier molecular flexibility index (Phi) is 5.74. The Morgan fingerprint density at radius 1 is 1.10 bits per heavy atom. The minimum Gasteiger partial charge on any atom is -0.383 e. The van der Waals surface area contributed by atoms with Gasteiger partial charge < -0.3 is 5.32 Å². The molecule has 2 aromatic carbocycles. The highest BCUT2D eigenvalue weighted by Crippen LogP contribution is 2.27. The molecule has 0 aliphatic carbocycles. The van der Waals surface area contributed by atoms with Crippen LogP contribution in [0.4, 0.5) is 5.69 Å². The largest absolute Gasteiger partial charge is 0.383 e. The minimum atomic E-state index is 0.524. The molecule has 1 aromatic heterocycles. The molecule has 3 aromatic rings. The van der Waals surface area contributed by atoms with E-state index in [2.05, 4.69) is 23.3 Å². The Hall–Kier alpha value is -2.38. The molecule has 0 saturated carbocycles. The van der Waals surface area contributed by atoms with Gasteiger partial charge in [0.05, 0.1) is 10.4 Å². The van der Waals surface area contributed by atoms with Crippen LogP contribution in [0.1, 0.15) is 18.4 Å². The molecule has 0 aliphatic heterocycles.